The van der Waals surface area contributed by atoms with Crippen LogP contribution in [0.1, 0.15) is 11.5 Å². The van der Waals surface area contributed by atoms with Crippen LogP contribution in [0, 0.1) is 0 Å². The fraction of sp³-hybridized carbons (Fsp3) is 0.125. The third kappa shape index (κ3) is 3.61. The Morgan fingerprint density at radius 3 is 2.52 bits per heavy atom. The molecule has 0 aromatic heterocycles. The van der Waals surface area contributed by atoms with E-state index in [1.54, 1.807) is 24.3 Å². The van der Waals surface area contributed by atoms with Gasteiger partial charge in [0.25, 0.3) is 0 Å². The Morgan fingerprint density at radius 2 is 1.90 bits per heavy atom. The summed E-state index contributed by atoms with van der Waals surface area (Å²) in [7, 11) is 1.22. The van der Waals surface area contributed by atoms with Crippen molar-refractivity contribution in [1.82, 2.24) is 0 Å². The van der Waals surface area contributed by atoms with E-state index < -0.39 is 11.9 Å². The van der Waals surface area contributed by atoms with Gasteiger partial charge in [-0.05, 0) is 30.3 Å². The van der Waals surface area contributed by atoms with Crippen LogP contribution in [0.15, 0.2) is 48.5 Å². The van der Waals surface area contributed by atoms with Crippen molar-refractivity contribution in [2.45, 2.75) is 5.92 Å². The summed E-state index contributed by atoms with van der Waals surface area (Å²) >= 11 is 5.95. The van der Waals surface area contributed by atoms with Crippen LogP contribution in [-0.4, -0.2) is 19.4 Å². The summed E-state index contributed by atoms with van der Waals surface area (Å²) in [4.78, 5) is 22.9. The Labute approximate surface area is 127 Å². The van der Waals surface area contributed by atoms with E-state index >= 15 is 0 Å². The van der Waals surface area contributed by atoms with Gasteiger partial charge in [-0.1, -0.05) is 29.8 Å². The molecule has 2 aromatic rings. The maximum Gasteiger partial charge on any atom is 0.320 e. The molecule has 0 heterocycles. The fourth-order valence-corrected chi connectivity index (χ4v) is 2.03. The Hall–Kier alpha value is -2.33. The molecule has 2 aromatic carbocycles. The van der Waals surface area contributed by atoms with Gasteiger partial charge in [0.05, 0.1) is 7.11 Å². The third-order valence-corrected chi connectivity index (χ3v) is 3.10. The third-order valence-electron chi connectivity index (χ3n) is 2.87. The van der Waals surface area contributed by atoms with E-state index in [4.69, 9.17) is 16.3 Å². The molecule has 0 fully saturated rings. The number of carbonyl (C=O) groups excluding carboxylic acids is 2. The van der Waals surface area contributed by atoms with Gasteiger partial charge in [0.15, 0.2) is 0 Å². The van der Waals surface area contributed by atoms with Crippen molar-refractivity contribution in [3.63, 3.8) is 0 Å². The molecule has 5 heteroatoms. The molecule has 0 aliphatic rings. The van der Waals surface area contributed by atoms with Gasteiger partial charge in [0.2, 0.25) is 0 Å². The first-order chi connectivity index (χ1) is 10.2. The zero-order chi connectivity index (χ0) is 15.2. The standard InChI is InChI=1S/C16H13ClO4/c1-20-16(19)14(10-18)13-9-11(17)7-8-15(13)21-12-5-3-2-4-6-12/h2-10,14H,1H3. The fourth-order valence-electron chi connectivity index (χ4n) is 1.85. The number of hydrogen-bond acceptors (Lipinski definition) is 4. The van der Waals surface area contributed by atoms with Gasteiger partial charge >= 0.3 is 5.97 Å². The van der Waals surface area contributed by atoms with Gasteiger partial charge in [-0.3, -0.25) is 4.79 Å². The van der Waals surface area contributed by atoms with Crippen molar-refractivity contribution < 1.29 is 19.1 Å². The lowest BCUT2D eigenvalue weighted by atomic mass is 9.99. The Kier molecular flexibility index (Phi) is 4.95. The first-order valence-corrected chi connectivity index (χ1v) is 6.59. The van der Waals surface area contributed by atoms with E-state index in [9.17, 15) is 9.59 Å². The molecule has 4 nitrogen and oxygen atoms in total. The van der Waals surface area contributed by atoms with Crippen molar-refractivity contribution >= 4 is 23.9 Å². The van der Waals surface area contributed by atoms with Crippen molar-refractivity contribution in [1.29, 1.82) is 0 Å². The minimum atomic E-state index is -1.08. The molecule has 108 valence electrons. The van der Waals surface area contributed by atoms with Crippen molar-refractivity contribution in [3.8, 4) is 11.5 Å². The topological polar surface area (TPSA) is 52.6 Å². The van der Waals surface area contributed by atoms with Crippen LogP contribution < -0.4 is 4.74 Å². The highest BCUT2D eigenvalue weighted by Gasteiger charge is 2.25. The molecule has 1 unspecified atom stereocenters. The average molecular weight is 305 g/mol. The minimum absolute atomic E-state index is 0.369. The predicted octanol–water partition coefficient (Wildman–Crippen LogP) is 3.59. The van der Waals surface area contributed by atoms with Crippen LogP contribution in [0.2, 0.25) is 5.02 Å². The number of hydrogen-bond donors (Lipinski definition) is 0. The second-order valence-electron chi connectivity index (χ2n) is 4.23. The molecule has 0 radical (unpaired) electrons. The summed E-state index contributed by atoms with van der Waals surface area (Å²) in [6, 6.07) is 13.8. The number of esters is 1. The predicted molar refractivity (Wildman–Crippen MR) is 78.8 cm³/mol. The van der Waals surface area contributed by atoms with Crippen LogP contribution >= 0.6 is 11.6 Å². The normalized spacial score (nSPS) is 11.5. The lowest BCUT2D eigenvalue weighted by Crippen LogP contribution is -2.16. The van der Waals surface area contributed by atoms with Gasteiger partial charge < -0.3 is 14.3 Å². The second-order valence-corrected chi connectivity index (χ2v) is 4.67. The van der Waals surface area contributed by atoms with Crippen LogP contribution in [0.3, 0.4) is 0 Å². The molecule has 0 saturated heterocycles. The molecule has 0 spiro atoms. The largest absolute Gasteiger partial charge is 0.468 e. The maximum atomic E-state index is 11.7. The molecule has 2 rings (SSSR count). The first kappa shape index (κ1) is 15.1. The molecule has 0 amide bonds. The molecule has 0 bridgehead atoms. The van der Waals surface area contributed by atoms with Crippen molar-refractivity contribution in [2.75, 3.05) is 7.11 Å². The molecule has 0 saturated carbocycles. The van der Waals surface area contributed by atoms with E-state index in [-0.39, 0.29) is 0 Å². The highest BCUT2D eigenvalue weighted by atomic mass is 35.5. The summed E-state index contributed by atoms with van der Waals surface area (Å²) in [5, 5.41) is 0.404. The molecule has 0 aliphatic heterocycles. The molecule has 1 atom stereocenters. The van der Waals surface area contributed by atoms with Crippen LogP contribution in [0.4, 0.5) is 0 Å². The number of para-hydroxylation sites is 1. The van der Waals surface area contributed by atoms with E-state index in [0.29, 0.717) is 28.4 Å². The zero-order valence-corrected chi connectivity index (χ0v) is 12.0. The molecule has 21 heavy (non-hydrogen) atoms. The Balaban J connectivity index is 2.42. The average Bonchev–Trinajstić information content (AvgIpc) is 2.51. The van der Waals surface area contributed by atoms with Crippen LogP contribution in [0.5, 0.6) is 11.5 Å². The lowest BCUT2D eigenvalue weighted by molar-refractivity contribution is -0.143. The molecular weight excluding hydrogens is 292 g/mol. The second kappa shape index (κ2) is 6.90. The van der Waals surface area contributed by atoms with E-state index in [1.807, 2.05) is 18.2 Å². The van der Waals surface area contributed by atoms with Crippen LogP contribution in [-0.2, 0) is 14.3 Å². The Morgan fingerprint density at radius 1 is 1.19 bits per heavy atom. The Bertz CT molecular complexity index is 640. The first-order valence-electron chi connectivity index (χ1n) is 6.21. The maximum absolute atomic E-state index is 11.7. The monoisotopic (exact) mass is 304 g/mol. The lowest BCUT2D eigenvalue weighted by Gasteiger charge is -2.15. The van der Waals surface area contributed by atoms with Gasteiger partial charge in [-0.25, -0.2) is 0 Å². The molecule has 0 aliphatic carbocycles. The highest BCUT2D eigenvalue weighted by Crippen LogP contribution is 2.32. The van der Waals surface area contributed by atoms with Crippen LogP contribution in [0.25, 0.3) is 0 Å². The minimum Gasteiger partial charge on any atom is -0.468 e. The van der Waals surface area contributed by atoms with Crippen molar-refractivity contribution in [2.24, 2.45) is 0 Å². The number of rotatable bonds is 5. The number of halogens is 1. The molecule has 0 N–H and O–H groups in total. The number of aldehydes is 1. The van der Waals surface area contributed by atoms with Gasteiger partial charge in [-0.2, -0.15) is 0 Å². The summed E-state index contributed by atoms with van der Waals surface area (Å²) in [6.45, 7) is 0. The van der Waals surface area contributed by atoms with E-state index in [0.717, 1.165) is 0 Å². The summed E-state index contributed by atoms with van der Waals surface area (Å²) < 4.78 is 10.4. The van der Waals surface area contributed by atoms with Gasteiger partial charge in [0.1, 0.15) is 23.7 Å². The number of carbonyl (C=O) groups is 2. The van der Waals surface area contributed by atoms with Gasteiger partial charge in [-0.15, -0.1) is 0 Å². The highest BCUT2D eigenvalue weighted by molar-refractivity contribution is 6.30. The number of ether oxygens (including phenoxy) is 2. The van der Waals surface area contributed by atoms with Crippen molar-refractivity contribution in [3.05, 3.63) is 59.1 Å². The SMILES string of the molecule is COC(=O)C(C=O)c1cc(Cl)ccc1Oc1ccccc1. The summed E-state index contributed by atoms with van der Waals surface area (Å²) in [6.07, 6.45) is 0.509. The zero-order valence-electron chi connectivity index (χ0n) is 11.3. The van der Waals surface area contributed by atoms with Gasteiger partial charge in [0, 0.05) is 10.6 Å². The molecular formula is C16H13ClO4. The van der Waals surface area contributed by atoms with E-state index in [2.05, 4.69) is 4.74 Å². The number of benzene rings is 2. The summed E-state index contributed by atoms with van der Waals surface area (Å²) in [5.41, 5.74) is 0.369. The number of methoxy groups -OCH3 is 1. The quantitative estimate of drug-likeness (QED) is 0.481. The summed E-state index contributed by atoms with van der Waals surface area (Å²) in [5.74, 6) is -0.763. The van der Waals surface area contributed by atoms with E-state index in [1.165, 1.54) is 13.2 Å². The smallest absolute Gasteiger partial charge is 0.320 e.